The SMILES string of the molecule is COc1cc2nccc(Oc3ccc(NS(=O)(=O)c4cccc(F)c4C)c(F)c3)c2cc1OC. The Labute approximate surface area is 195 Å². The molecule has 0 fully saturated rings. The number of nitrogens with one attached hydrogen (secondary N) is 1. The van der Waals surface area contributed by atoms with Crippen molar-refractivity contribution in [2.75, 3.05) is 18.9 Å². The van der Waals surface area contributed by atoms with Crippen molar-refractivity contribution in [3.8, 4) is 23.0 Å². The number of rotatable bonds is 7. The lowest BCUT2D eigenvalue weighted by Crippen LogP contribution is -2.15. The molecule has 10 heteroatoms. The fourth-order valence-corrected chi connectivity index (χ4v) is 4.71. The van der Waals surface area contributed by atoms with Gasteiger partial charge in [-0.25, -0.2) is 17.2 Å². The van der Waals surface area contributed by atoms with E-state index in [1.807, 2.05) is 0 Å². The number of halogens is 2. The van der Waals surface area contributed by atoms with E-state index in [0.717, 1.165) is 12.1 Å². The van der Waals surface area contributed by atoms with Gasteiger partial charge in [-0.3, -0.25) is 9.71 Å². The van der Waals surface area contributed by atoms with Gasteiger partial charge in [0.25, 0.3) is 10.0 Å². The molecule has 4 aromatic rings. The highest BCUT2D eigenvalue weighted by atomic mass is 32.2. The first-order valence-electron chi connectivity index (χ1n) is 9.99. The van der Waals surface area contributed by atoms with Crippen LogP contribution >= 0.6 is 0 Å². The van der Waals surface area contributed by atoms with E-state index in [1.165, 1.54) is 51.6 Å². The van der Waals surface area contributed by atoms with Gasteiger partial charge in [0.05, 0.1) is 30.3 Å². The predicted octanol–water partition coefficient (Wildman–Crippen LogP) is 5.43. The van der Waals surface area contributed by atoms with Crippen LogP contribution in [0.3, 0.4) is 0 Å². The summed E-state index contributed by atoms with van der Waals surface area (Å²) in [4.78, 5) is 4.01. The maximum Gasteiger partial charge on any atom is 0.262 e. The molecule has 0 aliphatic carbocycles. The van der Waals surface area contributed by atoms with Crippen molar-refractivity contribution in [2.45, 2.75) is 11.8 Å². The number of sulfonamides is 1. The molecule has 176 valence electrons. The van der Waals surface area contributed by atoms with Crippen molar-refractivity contribution >= 4 is 26.6 Å². The number of pyridine rings is 1. The number of fused-ring (bicyclic) bond motifs is 1. The molecule has 3 aromatic carbocycles. The molecule has 0 spiro atoms. The molecule has 0 aliphatic rings. The lowest BCUT2D eigenvalue weighted by molar-refractivity contribution is 0.355. The zero-order valence-electron chi connectivity index (χ0n) is 18.4. The van der Waals surface area contributed by atoms with Crippen molar-refractivity contribution < 1.29 is 31.4 Å². The Bertz CT molecular complexity index is 1490. The lowest BCUT2D eigenvalue weighted by atomic mass is 10.2. The number of methoxy groups -OCH3 is 2. The Kier molecular flexibility index (Phi) is 6.25. The minimum Gasteiger partial charge on any atom is -0.493 e. The Morgan fingerprint density at radius 2 is 1.62 bits per heavy atom. The first kappa shape index (κ1) is 23.2. The van der Waals surface area contributed by atoms with Gasteiger partial charge in [-0.2, -0.15) is 0 Å². The van der Waals surface area contributed by atoms with E-state index in [1.54, 1.807) is 18.2 Å². The Morgan fingerprint density at radius 1 is 0.882 bits per heavy atom. The molecule has 0 amide bonds. The number of hydrogen-bond donors (Lipinski definition) is 1. The highest BCUT2D eigenvalue weighted by Crippen LogP contribution is 2.37. The summed E-state index contributed by atoms with van der Waals surface area (Å²) >= 11 is 0. The molecule has 7 nitrogen and oxygen atoms in total. The highest BCUT2D eigenvalue weighted by Gasteiger charge is 2.21. The summed E-state index contributed by atoms with van der Waals surface area (Å²) < 4.78 is 72.5. The zero-order valence-corrected chi connectivity index (χ0v) is 19.2. The molecule has 34 heavy (non-hydrogen) atoms. The largest absolute Gasteiger partial charge is 0.493 e. The van der Waals surface area contributed by atoms with Crippen molar-refractivity contribution in [1.82, 2.24) is 4.98 Å². The quantitative estimate of drug-likeness (QED) is 0.375. The summed E-state index contributed by atoms with van der Waals surface area (Å²) in [6, 6.07) is 12.3. The summed E-state index contributed by atoms with van der Waals surface area (Å²) in [6.45, 7) is 1.33. The monoisotopic (exact) mass is 486 g/mol. The molecule has 0 saturated heterocycles. The molecule has 0 atom stereocenters. The summed E-state index contributed by atoms with van der Waals surface area (Å²) in [5.74, 6) is -0.0651. The summed E-state index contributed by atoms with van der Waals surface area (Å²) in [5, 5.41) is 0.604. The normalized spacial score (nSPS) is 11.3. The van der Waals surface area contributed by atoms with Gasteiger partial charge in [-0.15, -0.1) is 0 Å². The van der Waals surface area contributed by atoms with E-state index in [4.69, 9.17) is 14.2 Å². The van der Waals surface area contributed by atoms with Crippen molar-refractivity contribution in [3.05, 3.63) is 78.0 Å². The number of aromatic nitrogens is 1. The molecule has 0 aliphatic heterocycles. The number of ether oxygens (including phenoxy) is 3. The van der Waals surface area contributed by atoms with E-state index in [-0.39, 0.29) is 21.9 Å². The van der Waals surface area contributed by atoms with Crippen LogP contribution in [0.1, 0.15) is 5.56 Å². The van der Waals surface area contributed by atoms with Crippen LogP contribution in [-0.2, 0) is 10.0 Å². The van der Waals surface area contributed by atoms with Crippen LogP contribution in [0, 0.1) is 18.6 Å². The van der Waals surface area contributed by atoms with Crippen LogP contribution in [-0.4, -0.2) is 27.6 Å². The number of hydrogen-bond acceptors (Lipinski definition) is 6. The van der Waals surface area contributed by atoms with Gasteiger partial charge in [0.15, 0.2) is 17.3 Å². The first-order chi connectivity index (χ1) is 16.2. The second-order valence-electron chi connectivity index (χ2n) is 7.25. The molecule has 0 saturated carbocycles. The van der Waals surface area contributed by atoms with Gasteiger partial charge in [-0.05, 0) is 43.3 Å². The summed E-state index contributed by atoms with van der Waals surface area (Å²) in [5.41, 5.74) is 0.208. The Balaban J connectivity index is 1.63. The van der Waals surface area contributed by atoms with Gasteiger partial charge in [0, 0.05) is 29.3 Å². The van der Waals surface area contributed by atoms with E-state index in [2.05, 4.69) is 9.71 Å². The minimum atomic E-state index is -4.21. The minimum absolute atomic E-state index is 0.0630. The van der Waals surface area contributed by atoms with E-state index in [9.17, 15) is 17.2 Å². The maximum atomic E-state index is 14.8. The van der Waals surface area contributed by atoms with Gasteiger partial charge in [0.1, 0.15) is 17.3 Å². The van der Waals surface area contributed by atoms with Crippen LogP contribution < -0.4 is 18.9 Å². The second kappa shape index (κ2) is 9.14. The van der Waals surface area contributed by atoms with Gasteiger partial charge in [-0.1, -0.05) is 6.07 Å². The average Bonchev–Trinajstić information content (AvgIpc) is 2.81. The third kappa shape index (κ3) is 4.44. The smallest absolute Gasteiger partial charge is 0.262 e. The fraction of sp³-hybridized carbons (Fsp3) is 0.125. The molecule has 1 N–H and O–H groups in total. The Hall–Kier alpha value is -3.92. The highest BCUT2D eigenvalue weighted by molar-refractivity contribution is 7.92. The zero-order chi connectivity index (χ0) is 24.5. The van der Waals surface area contributed by atoms with Gasteiger partial charge < -0.3 is 14.2 Å². The molecule has 0 unspecified atom stereocenters. The fourth-order valence-electron chi connectivity index (χ4n) is 3.38. The number of nitrogens with zero attached hydrogens (tertiary/aromatic N) is 1. The van der Waals surface area contributed by atoms with Gasteiger partial charge >= 0.3 is 0 Å². The first-order valence-corrected chi connectivity index (χ1v) is 11.5. The summed E-state index contributed by atoms with van der Waals surface area (Å²) in [6.07, 6.45) is 1.53. The standard InChI is InChI=1S/C24H20F2N2O5S/c1-14-17(25)5-4-6-24(14)34(29,30)28-19-8-7-15(11-18(19)26)33-21-9-10-27-20-13-23(32-3)22(31-2)12-16(20)21/h4-13,28H,1-3H3. The summed E-state index contributed by atoms with van der Waals surface area (Å²) in [7, 11) is -1.20. The Morgan fingerprint density at radius 3 is 2.32 bits per heavy atom. The van der Waals surface area contributed by atoms with Crippen molar-refractivity contribution in [3.63, 3.8) is 0 Å². The van der Waals surface area contributed by atoms with Crippen molar-refractivity contribution in [1.29, 1.82) is 0 Å². The van der Waals surface area contributed by atoms with Crippen molar-refractivity contribution in [2.24, 2.45) is 0 Å². The average molecular weight is 486 g/mol. The lowest BCUT2D eigenvalue weighted by Gasteiger charge is -2.14. The van der Waals surface area contributed by atoms with Gasteiger partial charge in [0.2, 0.25) is 0 Å². The van der Waals surface area contributed by atoms with Crippen LogP contribution in [0.5, 0.6) is 23.0 Å². The molecule has 0 bridgehead atoms. The molecular weight excluding hydrogens is 466 g/mol. The molecule has 1 aromatic heterocycles. The van der Waals surface area contributed by atoms with E-state index >= 15 is 0 Å². The van der Waals surface area contributed by atoms with Crippen LogP contribution in [0.15, 0.2) is 65.7 Å². The molecule has 4 rings (SSSR count). The van der Waals surface area contributed by atoms with Crippen LogP contribution in [0.4, 0.5) is 14.5 Å². The van der Waals surface area contributed by atoms with E-state index in [0.29, 0.717) is 28.2 Å². The number of benzene rings is 3. The molecule has 0 radical (unpaired) electrons. The maximum absolute atomic E-state index is 14.8. The van der Waals surface area contributed by atoms with E-state index < -0.39 is 21.7 Å². The third-order valence-corrected chi connectivity index (χ3v) is 6.64. The second-order valence-corrected chi connectivity index (χ2v) is 8.90. The third-order valence-electron chi connectivity index (χ3n) is 5.13. The van der Waals surface area contributed by atoms with Crippen LogP contribution in [0.25, 0.3) is 10.9 Å². The predicted molar refractivity (Wildman–Crippen MR) is 123 cm³/mol. The number of anilines is 1. The molecular formula is C24H20F2N2O5S. The topological polar surface area (TPSA) is 86.8 Å². The van der Waals surface area contributed by atoms with Crippen LogP contribution in [0.2, 0.25) is 0 Å². The molecule has 1 heterocycles.